The molecule has 4 amide bonds. The molecule has 1 aromatic heterocycles. The van der Waals surface area contributed by atoms with Gasteiger partial charge in [-0.05, 0) is 37.7 Å². The molecular weight excluding hydrogens is 348 g/mol. The lowest BCUT2D eigenvalue weighted by Crippen LogP contribution is -2.50. The molecule has 0 aromatic carbocycles. The number of aromatic nitrogens is 1. The third kappa shape index (κ3) is 3.89. The van der Waals surface area contributed by atoms with Crippen molar-refractivity contribution in [3.63, 3.8) is 0 Å². The molecule has 146 valence electrons. The van der Waals surface area contributed by atoms with E-state index in [-0.39, 0.29) is 19.0 Å². The number of hydrogen-bond donors (Lipinski definition) is 2. The van der Waals surface area contributed by atoms with Gasteiger partial charge in [0.05, 0.1) is 7.11 Å². The average Bonchev–Trinajstić information content (AvgIpc) is 2.91. The summed E-state index contributed by atoms with van der Waals surface area (Å²) in [6, 6.07) is 3.06. The summed E-state index contributed by atoms with van der Waals surface area (Å²) in [7, 11) is 1.51. The first kappa shape index (κ1) is 19.1. The highest BCUT2D eigenvalue weighted by atomic mass is 16.5. The summed E-state index contributed by atoms with van der Waals surface area (Å²) in [4.78, 5) is 42.5. The monoisotopic (exact) mass is 374 g/mol. The number of nitrogens with zero attached hydrogens (tertiary/aromatic N) is 2. The van der Waals surface area contributed by atoms with Crippen LogP contribution in [0.1, 0.15) is 44.6 Å². The maximum atomic E-state index is 12.8. The van der Waals surface area contributed by atoms with Crippen molar-refractivity contribution < 1.29 is 19.1 Å². The van der Waals surface area contributed by atoms with Gasteiger partial charge in [-0.2, -0.15) is 0 Å². The Morgan fingerprint density at radius 3 is 2.81 bits per heavy atom. The zero-order valence-corrected chi connectivity index (χ0v) is 15.8. The minimum atomic E-state index is -0.824. The van der Waals surface area contributed by atoms with Gasteiger partial charge in [0.1, 0.15) is 12.1 Å². The highest BCUT2D eigenvalue weighted by Gasteiger charge is 2.52. The van der Waals surface area contributed by atoms with Gasteiger partial charge < -0.3 is 15.4 Å². The number of imide groups is 1. The fraction of sp³-hybridized carbons (Fsp3) is 0.579. The number of carbonyl (C=O) groups is 3. The van der Waals surface area contributed by atoms with Crippen LogP contribution >= 0.6 is 0 Å². The second-order valence-electron chi connectivity index (χ2n) is 7.20. The molecule has 0 atom stereocenters. The fourth-order valence-corrected chi connectivity index (χ4v) is 3.87. The second kappa shape index (κ2) is 7.94. The largest absolute Gasteiger partial charge is 0.481 e. The van der Waals surface area contributed by atoms with Crippen LogP contribution in [0, 0.1) is 5.92 Å². The van der Waals surface area contributed by atoms with Crippen LogP contribution in [0.25, 0.3) is 0 Å². The molecule has 3 rings (SSSR count). The molecule has 1 aliphatic carbocycles. The van der Waals surface area contributed by atoms with Crippen molar-refractivity contribution in [2.45, 2.75) is 51.1 Å². The number of nitrogens with one attached hydrogen (secondary N) is 2. The third-order valence-corrected chi connectivity index (χ3v) is 5.60. The van der Waals surface area contributed by atoms with E-state index in [9.17, 15) is 14.4 Å². The number of urea groups is 1. The normalized spacial score (nSPS) is 24.8. The Hall–Kier alpha value is -2.64. The van der Waals surface area contributed by atoms with E-state index < -0.39 is 17.5 Å². The zero-order chi connectivity index (χ0) is 19.4. The zero-order valence-electron chi connectivity index (χ0n) is 15.8. The molecule has 1 aliphatic heterocycles. The van der Waals surface area contributed by atoms with Crippen LogP contribution in [0.5, 0.6) is 5.88 Å². The van der Waals surface area contributed by atoms with E-state index in [1.54, 1.807) is 18.3 Å². The Morgan fingerprint density at radius 1 is 1.41 bits per heavy atom. The molecule has 2 fully saturated rings. The molecule has 2 N–H and O–H groups in total. The van der Waals surface area contributed by atoms with Gasteiger partial charge in [0.2, 0.25) is 11.8 Å². The van der Waals surface area contributed by atoms with Crippen LogP contribution in [-0.2, 0) is 16.1 Å². The van der Waals surface area contributed by atoms with E-state index in [0.717, 1.165) is 29.7 Å². The number of rotatable bonds is 6. The summed E-state index contributed by atoms with van der Waals surface area (Å²) >= 11 is 0. The lowest BCUT2D eigenvalue weighted by atomic mass is 9.75. The molecule has 0 bridgehead atoms. The molecule has 0 radical (unpaired) electrons. The summed E-state index contributed by atoms with van der Waals surface area (Å²) < 4.78 is 5.15. The lowest BCUT2D eigenvalue weighted by molar-refractivity contribution is -0.136. The average molecular weight is 374 g/mol. The van der Waals surface area contributed by atoms with E-state index in [2.05, 4.69) is 22.5 Å². The van der Waals surface area contributed by atoms with Gasteiger partial charge in [-0.3, -0.25) is 14.5 Å². The smallest absolute Gasteiger partial charge is 0.325 e. The SMILES string of the molecule is CCC1CCC2(CC1)NC(=O)N(CC(=O)NCc1cccnc1OC)C2=O. The molecule has 1 aromatic rings. The minimum absolute atomic E-state index is 0.211. The maximum Gasteiger partial charge on any atom is 0.325 e. The van der Waals surface area contributed by atoms with Crippen molar-refractivity contribution in [2.75, 3.05) is 13.7 Å². The number of pyridine rings is 1. The standard InChI is InChI=1S/C19H26N4O4/c1-3-13-6-8-19(9-7-13)17(25)23(18(26)22-19)12-15(24)21-11-14-5-4-10-20-16(14)27-2/h4-5,10,13H,3,6-9,11-12H2,1-2H3,(H,21,24)(H,22,26). The van der Waals surface area contributed by atoms with E-state index >= 15 is 0 Å². The van der Waals surface area contributed by atoms with Gasteiger partial charge in [-0.1, -0.05) is 19.4 Å². The lowest BCUT2D eigenvalue weighted by Gasteiger charge is -2.34. The van der Waals surface area contributed by atoms with Crippen LogP contribution < -0.4 is 15.4 Å². The molecule has 27 heavy (non-hydrogen) atoms. The molecule has 8 heteroatoms. The Morgan fingerprint density at radius 2 is 2.15 bits per heavy atom. The van der Waals surface area contributed by atoms with E-state index in [1.165, 1.54) is 7.11 Å². The van der Waals surface area contributed by atoms with Crippen LogP contribution in [0.15, 0.2) is 18.3 Å². The topological polar surface area (TPSA) is 101 Å². The number of carbonyl (C=O) groups excluding carboxylic acids is 3. The van der Waals surface area contributed by atoms with Crippen molar-refractivity contribution in [3.05, 3.63) is 23.9 Å². The third-order valence-electron chi connectivity index (χ3n) is 5.60. The molecule has 2 aliphatic rings. The van der Waals surface area contributed by atoms with Gasteiger partial charge in [0.25, 0.3) is 5.91 Å². The van der Waals surface area contributed by atoms with E-state index in [0.29, 0.717) is 24.6 Å². The van der Waals surface area contributed by atoms with Crippen LogP contribution in [0.2, 0.25) is 0 Å². The quantitative estimate of drug-likeness (QED) is 0.737. The second-order valence-corrected chi connectivity index (χ2v) is 7.20. The van der Waals surface area contributed by atoms with Gasteiger partial charge in [-0.15, -0.1) is 0 Å². The minimum Gasteiger partial charge on any atom is -0.481 e. The summed E-state index contributed by atoms with van der Waals surface area (Å²) in [6.45, 7) is 2.07. The first-order valence-electron chi connectivity index (χ1n) is 9.37. The summed E-state index contributed by atoms with van der Waals surface area (Å²) in [5.41, 5.74) is -0.102. The van der Waals surface area contributed by atoms with Crippen molar-refractivity contribution in [3.8, 4) is 5.88 Å². The molecule has 1 spiro atoms. The van der Waals surface area contributed by atoms with Gasteiger partial charge >= 0.3 is 6.03 Å². The molecule has 0 unspecified atom stereocenters. The molecular formula is C19H26N4O4. The molecule has 1 saturated heterocycles. The van der Waals surface area contributed by atoms with Crippen molar-refractivity contribution in [1.29, 1.82) is 0 Å². The predicted molar refractivity (Wildman–Crippen MR) is 97.9 cm³/mol. The first-order valence-corrected chi connectivity index (χ1v) is 9.37. The summed E-state index contributed by atoms with van der Waals surface area (Å²) in [5, 5.41) is 5.55. The van der Waals surface area contributed by atoms with E-state index in [1.807, 2.05) is 0 Å². The highest BCUT2D eigenvalue weighted by molar-refractivity contribution is 6.09. The number of hydrogen-bond acceptors (Lipinski definition) is 5. The van der Waals surface area contributed by atoms with Gasteiger partial charge in [-0.25, -0.2) is 9.78 Å². The summed E-state index contributed by atoms with van der Waals surface area (Å²) in [5.74, 6) is 0.353. The number of amides is 4. The Balaban J connectivity index is 1.58. The molecule has 1 saturated carbocycles. The van der Waals surface area contributed by atoms with E-state index in [4.69, 9.17) is 4.74 Å². The van der Waals surface area contributed by atoms with Crippen molar-refractivity contribution >= 4 is 17.8 Å². The number of ether oxygens (including phenoxy) is 1. The Labute approximate surface area is 158 Å². The fourth-order valence-electron chi connectivity index (χ4n) is 3.87. The Bertz CT molecular complexity index is 728. The Kier molecular flexibility index (Phi) is 5.62. The number of methoxy groups -OCH3 is 1. The molecule has 8 nitrogen and oxygen atoms in total. The van der Waals surface area contributed by atoms with Crippen LogP contribution in [-0.4, -0.2) is 46.9 Å². The predicted octanol–water partition coefficient (Wildman–Crippen LogP) is 1.60. The van der Waals surface area contributed by atoms with Crippen LogP contribution in [0.4, 0.5) is 4.79 Å². The first-order chi connectivity index (χ1) is 13.0. The van der Waals surface area contributed by atoms with Crippen LogP contribution in [0.3, 0.4) is 0 Å². The maximum absolute atomic E-state index is 12.8. The van der Waals surface area contributed by atoms with Gasteiger partial charge in [0, 0.05) is 18.3 Å². The summed E-state index contributed by atoms with van der Waals surface area (Å²) in [6.07, 6.45) is 5.81. The van der Waals surface area contributed by atoms with Crippen molar-refractivity contribution in [2.24, 2.45) is 5.92 Å². The van der Waals surface area contributed by atoms with Gasteiger partial charge in [0.15, 0.2) is 0 Å². The highest BCUT2D eigenvalue weighted by Crippen LogP contribution is 2.37. The van der Waals surface area contributed by atoms with Crippen molar-refractivity contribution in [1.82, 2.24) is 20.5 Å². The molecule has 2 heterocycles.